The second-order valence-corrected chi connectivity index (χ2v) is 5.14. The van der Waals surface area contributed by atoms with Crippen molar-refractivity contribution >= 4 is 17.2 Å². The lowest BCUT2D eigenvalue weighted by atomic mass is 10.1. The third kappa shape index (κ3) is 2.62. The van der Waals surface area contributed by atoms with Crippen LogP contribution < -0.4 is 5.32 Å². The molecule has 1 aliphatic rings. The third-order valence-corrected chi connectivity index (χ3v) is 3.91. The van der Waals surface area contributed by atoms with Crippen molar-refractivity contribution in [2.24, 2.45) is 5.92 Å². The van der Waals surface area contributed by atoms with E-state index in [4.69, 9.17) is 5.11 Å². The van der Waals surface area contributed by atoms with Crippen molar-refractivity contribution < 1.29 is 9.90 Å². The minimum atomic E-state index is 0.00380. The van der Waals surface area contributed by atoms with Crippen molar-refractivity contribution in [1.82, 2.24) is 5.32 Å². The molecule has 0 saturated heterocycles. The van der Waals surface area contributed by atoms with Crippen molar-refractivity contribution in [3.05, 3.63) is 21.9 Å². The number of nitrogens with one attached hydrogen (secondary N) is 1. The van der Waals surface area contributed by atoms with Crippen LogP contribution in [-0.2, 0) is 0 Å². The molecule has 88 valence electrons. The van der Waals surface area contributed by atoms with Gasteiger partial charge in [0.25, 0.3) is 5.91 Å². The molecule has 1 amide bonds. The molecule has 4 heteroatoms. The molecule has 1 unspecified atom stereocenters. The first-order valence-electron chi connectivity index (χ1n) is 5.67. The monoisotopic (exact) mass is 239 g/mol. The highest BCUT2D eigenvalue weighted by Gasteiger charge is 2.32. The second kappa shape index (κ2) is 4.97. The first kappa shape index (κ1) is 11.6. The van der Waals surface area contributed by atoms with Crippen LogP contribution in [0.1, 0.15) is 35.2 Å². The Balaban J connectivity index is 1.97. The minimum Gasteiger partial charge on any atom is -0.396 e. The molecule has 1 saturated carbocycles. The second-order valence-electron chi connectivity index (χ2n) is 4.40. The molecule has 0 radical (unpaired) electrons. The summed E-state index contributed by atoms with van der Waals surface area (Å²) >= 11 is 1.55. The number of aliphatic hydroxyl groups excluding tert-OH is 1. The molecular weight excluding hydrogens is 222 g/mol. The van der Waals surface area contributed by atoms with Crippen LogP contribution in [0.2, 0.25) is 0 Å². The Kier molecular flexibility index (Phi) is 3.61. The molecule has 2 N–H and O–H groups in total. The van der Waals surface area contributed by atoms with Gasteiger partial charge in [0, 0.05) is 18.0 Å². The van der Waals surface area contributed by atoms with Crippen LogP contribution in [0, 0.1) is 12.8 Å². The van der Waals surface area contributed by atoms with Gasteiger partial charge in [-0.15, -0.1) is 0 Å². The molecule has 0 spiro atoms. The zero-order chi connectivity index (χ0) is 11.5. The maximum absolute atomic E-state index is 12.0. The predicted octanol–water partition coefficient (Wildman–Crippen LogP) is 1.95. The van der Waals surface area contributed by atoms with Crippen molar-refractivity contribution in [2.45, 2.75) is 32.2 Å². The molecule has 1 heterocycles. The molecule has 3 nitrogen and oxygen atoms in total. The maximum Gasteiger partial charge on any atom is 0.252 e. The van der Waals surface area contributed by atoms with E-state index in [1.807, 2.05) is 17.7 Å². The highest BCUT2D eigenvalue weighted by atomic mass is 32.1. The Hall–Kier alpha value is -0.870. The van der Waals surface area contributed by atoms with E-state index in [1.165, 1.54) is 12.8 Å². The van der Waals surface area contributed by atoms with Crippen LogP contribution in [0.15, 0.2) is 10.8 Å². The number of amides is 1. The minimum absolute atomic E-state index is 0.00380. The average molecular weight is 239 g/mol. The van der Waals surface area contributed by atoms with Gasteiger partial charge in [0.2, 0.25) is 0 Å². The van der Waals surface area contributed by atoms with Gasteiger partial charge < -0.3 is 10.4 Å². The zero-order valence-corrected chi connectivity index (χ0v) is 10.2. The number of thiophene rings is 1. The number of carbonyl (C=O) groups is 1. The summed E-state index contributed by atoms with van der Waals surface area (Å²) < 4.78 is 0. The number of hydrogen-bond donors (Lipinski definition) is 2. The average Bonchev–Trinajstić information content (AvgIpc) is 3.00. The Morgan fingerprint density at radius 1 is 1.62 bits per heavy atom. The van der Waals surface area contributed by atoms with Crippen molar-refractivity contribution in [3.8, 4) is 0 Å². The third-order valence-electron chi connectivity index (χ3n) is 3.05. The van der Waals surface area contributed by atoms with Gasteiger partial charge in [-0.05, 0) is 43.0 Å². The van der Waals surface area contributed by atoms with Gasteiger partial charge in [0.1, 0.15) is 0 Å². The van der Waals surface area contributed by atoms with E-state index in [0.717, 1.165) is 11.1 Å². The molecule has 0 aromatic carbocycles. The van der Waals surface area contributed by atoms with Crippen LogP contribution in [-0.4, -0.2) is 23.7 Å². The fraction of sp³-hybridized carbons (Fsp3) is 0.583. The van der Waals surface area contributed by atoms with Crippen molar-refractivity contribution in [1.29, 1.82) is 0 Å². The maximum atomic E-state index is 12.0. The lowest BCUT2D eigenvalue weighted by molar-refractivity contribution is 0.0924. The summed E-state index contributed by atoms with van der Waals surface area (Å²) in [5.41, 5.74) is 1.80. The summed E-state index contributed by atoms with van der Waals surface area (Å²) in [6.07, 6.45) is 3.01. The first-order valence-corrected chi connectivity index (χ1v) is 6.61. The molecule has 1 aliphatic carbocycles. The van der Waals surface area contributed by atoms with Gasteiger partial charge in [-0.3, -0.25) is 4.79 Å². The number of rotatable bonds is 5. The largest absolute Gasteiger partial charge is 0.396 e. The van der Waals surface area contributed by atoms with Gasteiger partial charge in [-0.1, -0.05) is 0 Å². The van der Waals surface area contributed by atoms with Crippen LogP contribution >= 0.6 is 11.3 Å². The van der Waals surface area contributed by atoms with E-state index < -0.39 is 0 Å². The quantitative estimate of drug-likeness (QED) is 0.825. The molecule has 0 aliphatic heterocycles. The molecule has 1 aromatic rings. The van der Waals surface area contributed by atoms with Crippen LogP contribution in [0.25, 0.3) is 0 Å². The van der Waals surface area contributed by atoms with Crippen LogP contribution in [0.5, 0.6) is 0 Å². The molecular formula is C12H17NO2S. The fourth-order valence-corrected chi connectivity index (χ4v) is 2.73. The summed E-state index contributed by atoms with van der Waals surface area (Å²) in [5, 5.41) is 15.9. The molecule has 1 fully saturated rings. The SMILES string of the molecule is Cc1cscc1C(=O)NC(CCO)C1CC1. The van der Waals surface area contributed by atoms with Crippen molar-refractivity contribution in [3.63, 3.8) is 0 Å². The van der Waals surface area contributed by atoms with Crippen LogP contribution in [0.3, 0.4) is 0 Å². The Bertz CT molecular complexity index is 371. The van der Waals surface area contributed by atoms with Crippen LogP contribution in [0.4, 0.5) is 0 Å². The Morgan fingerprint density at radius 2 is 2.38 bits per heavy atom. The van der Waals surface area contributed by atoms with Crippen molar-refractivity contribution in [2.75, 3.05) is 6.61 Å². The lowest BCUT2D eigenvalue weighted by Gasteiger charge is -2.16. The predicted molar refractivity (Wildman–Crippen MR) is 64.7 cm³/mol. The Morgan fingerprint density at radius 3 is 2.88 bits per heavy atom. The molecule has 0 bridgehead atoms. The molecule has 1 atom stereocenters. The molecule has 16 heavy (non-hydrogen) atoms. The topological polar surface area (TPSA) is 49.3 Å². The highest BCUT2D eigenvalue weighted by Crippen LogP contribution is 2.34. The highest BCUT2D eigenvalue weighted by molar-refractivity contribution is 7.08. The van der Waals surface area contributed by atoms with Gasteiger partial charge in [-0.25, -0.2) is 0 Å². The standard InChI is InChI=1S/C12H17NO2S/c1-8-6-16-7-10(8)12(15)13-11(4-5-14)9-2-3-9/h6-7,9,11,14H,2-5H2,1H3,(H,13,15). The summed E-state index contributed by atoms with van der Waals surface area (Å²) in [6, 6.07) is 0.150. The van der Waals surface area contributed by atoms with Gasteiger partial charge in [0.05, 0.1) is 5.56 Å². The van der Waals surface area contributed by atoms with E-state index in [9.17, 15) is 4.79 Å². The molecule has 2 rings (SSSR count). The number of carbonyl (C=O) groups excluding carboxylic acids is 1. The lowest BCUT2D eigenvalue weighted by Crippen LogP contribution is -2.37. The first-order chi connectivity index (χ1) is 7.72. The fourth-order valence-electron chi connectivity index (χ4n) is 1.90. The smallest absolute Gasteiger partial charge is 0.252 e. The number of aryl methyl sites for hydroxylation is 1. The number of aliphatic hydroxyl groups is 1. The van der Waals surface area contributed by atoms with Gasteiger partial charge in [0.15, 0.2) is 0 Å². The molecule has 1 aromatic heterocycles. The van der Waals surface area contributed by atoms with E-state index in [-0.39, 0.29) is 18.6 Å². The van der Waals surface area contributed by atoms with E-state index >= 15 is 0 Å². The normalized spacial score (nSPS) is 17.1. The summed E-state index contributed by atoms with van der Waals surface area (Å²) in [4.78, 5) is 12.0. The van der Waals surface area contributed by atoms with Gasteiger partial charge >= 0.3 is 0 Å². The summed E-state index contributed by atoms with van der Waals surface area (Å²) in [6.45, 7) is 2.09. The van der Waals surface area contributed by atoms with E-state index in [0.29, 0.717) is 12.3 Å². The van der Waals surface area contributed by atoms with E-state index in [2.05, 4.69) is 5.32 Å². The zero-order valence-electron chi connectivity index (χ0n) is 9.40. The Labute approximate surface area is 99.5 Å². The summed E-state index contributed by atoms with van der Waals surface area (Å²) in [7, 11) is 0. The van der Waals surface area contributed by atoms with E-state index in [1.54, 1.807) is 11.3 Å². The van der Waals surface area contributed by atoms with Gasteiger partial charge in [-0.2, -0.15) is 11.3 Å². The summed E-state index contributed by atoms with van der Waals surface area (Å²) in [5.74, 6) is 0.583. The number of hydrogen-bond acceptors (Lipinski definition) is 3.